The highest BCUT2D eigenvalue weighted by atomic mass is 32.1. The number of nitrogens with zero attached hydrogens (tertiary/aromatic N) is 2. The lowest BCUT2D eigenvalue weighted by Crippen LogP contribution is -2.39. The van der Waals surface area contributed by atoms with Crippen LogP contribution in [0.15, 0.2) is 23.0 Å². The van der Waals surface area contributed by atoms with Crippen molar-refractivity contribution in [3.63, 3.8) is 0 Å². The van der Waals surface area contributed by atoms with Gasteiger partial charge in [-0.05, 0) is 76.0 Å². The second-order valence-electron chi connectivity index (χ2n) is 7.50. The largest absolute Gasteiger partial charge is 0.349 e. The SMILES string of the molecule is Cc1ccc(C(=O)NC2CCC(n3nc4c(cc3=O)CCCC4)CC2)s1. The topological polar surface area (TPSA) is 64.0 Å². The third-order valence-electron chi connectivity index (χ3n) is 5.57. The number of thiophene rings is 1. The predicted molar refractivity (Wildman–Crippen MR) is 103 cm³/mol. The normalized spacial score (nSPS) is 22.7. The van der Waals surface area contributed by atoms with Crippen LogP contribution in [0.25, 0.3) is 0 Å². The summed E-state index contributed by atoms with van der Waals surface area (Å²) in [6.07, 6.45) is 7.87. The Labute approximate surface area is 157 Å². The van der Waals surface area contributed by atoms with Crippen LogP contribution in [0.5, 0.6) is 0 Å². The molecule has 1 N–H and O–H groups in total. The Morgan fingerprint density at radius 1 is 1.19 bits per heavy atom. The molecule has 0 bridgehead atoms. The molecular weight excluding hydrogens is 346 g/mol. The van der Waals surface area contributed by atoms with Crippen LogP contribution in [0, 0.1) is 6.92 Å². The molecule has 1 saturated carbocycles. The first-order chi connectivity index (χ1) is 12.6. The molecule has 26 heavy (non-hydrogen) atoms. The molecule has 0 saturated heterocycles. The first-order valence-electron chi connectivity index (χ1n) is 9.59. The fraction of sp³-hybridized carbons (Fsp3) is 0.550. The number of hydrogen-bond donors (Lipinski definition) is 1. The van der Waals surface area contributed by atoms with Crippen LogP contribution in [0.1, 0.15) is 70.4 Å². The van der Waals surface area contributed by atoms with E-state index in [2.05, 4.69) is 5.32 Å². The van der Waals surface area contributed by atoms with E-state index in [-0.39, 0.29) is 23.6 Å². The van der Waals surface area contributed by atoms with Gasteiger partial charge in [-0.25, -0.2) is 4.68 Å². The van der Waals surface area contributed by atoms with E-state index in [1.807, 2.05) is 19.1 Å². The van der Waals surface area contributed by atoms with Crippen LogP contribution in [-0.2, 0) is 12.8 Å². The van der Waals surface area contributed by atoms with Gasteiger partial charge in [0.2, 0.25) is 0 Å². The molecule has 0 radical (unpaired) electrons. The number of carbonyl (C=O) groups is 1. The summed E-state index contributed by atoms with van der Waals surface area (Å²) in [5.41, 5.74) is 2.29. The van der Waals surface area contributed by atoms with Crippen molar-refractivity contribution in [2.75, 3.05) is 0 Å². The van der Waals surface area contributed by atoms with E-state index in [0.717, 1.165) is 66.0 Å². The smallest absolute Gasteiger partial charge is 0.267 e. The van der Waals surface area contributed by atoms with Crippen LogP contribution in [0.3, 0.4) is 0 Å². The predicted octanol–water partition coefficient (Wildman–Crippen LogP) is 3.41. The molecule has 0 aromatic carbocycles. The lowest BCUT2D eigenvalue weighted by Gasteiger charge is -2.30. The van der Waals surface area contributed by atoms with E-state index >= 15 is 0 Å². The van der Waals surface area contributed by atoms with Gasteiger partial charge in [0.15, 0.2) is 0 Å². The van der Waals surface area contributed by atoms with Crippen molar-refractivity contribution in [3.05, 3.63) is 49.6 Å². The Balaban J connectivity index is 1.39. The fourth-order valence-corrected chi connectivity index (χ4v) is 4.89. The van der Waals surface area contributed by atoms with E-state index in [4.69, 9.17) is 5.10 Å². The molecule has 0 atom stereocenters. The lowest BCUT2D eigenvalue weighted by atomic mass is 9.91. The molecule has 0 unspecified atom stereocenters. The molecule has 5 nitrogen and oxygen atoms in total. The van der Waals surface area contributed by atoms with E-state index < -0.39 is 0 Å². The van der Waals surface area contributed by atoms with Crippen molar-refractivity contribution in [2.45, 2.75) is 70.4 Å². The average molecular weight is 372 g/mol. The maximum Gasteiger partial charge on any atom is 0.267 e. The molecule has 2 aromatic rings. The maximum absolute atomic E-state index is 12.5. The minimum Gasteiger partial charge on any atom is -0.349 e. The summed E-state index contributed by atoms with van der Waals surface area (Å²) in [5, 5.41) is 7.84. The molecule has 1 amide bonds. The zero-order valence-corrected chi connectivity index (χ0v) is 16.0. The number of amides is 1. The van der Waals surface area contributed by atoms with Gasteiger partial charge in [-0.3, -0.25) is 9.59 Å². The Bertz CT molecular complexity index is 862. The summed E-state index contributed by atoms with van der Waals surface area (Å²) in [7, 11) is 0. The van der Waals surface area contributed by atoms with Crippen molar-refractivity contribution in [1.82, 2.24) is 15.1 Å². The minimum absolute atomic E-state index is 0.0237. The molecule has 4 rings (SSSR count). The Kier molecular flexibility index (Phi) is 4.94. The summed E-state index contributed by atoms with van der Waals surface area (Å²) in [6, 6.07) is 6.01. The Morgan fingerprint density at radius 3 is 2.69 bits per heavy atom. The molecule has 2 aromatic heterocycles. The van der Waals surface area contributed by atoms with Gasteiger partial charge in [0.1, 0.15) is 0 Å². The van der Waals surface area contributed by atoms with Crippen molar-refractivity contribution >= 4 is 17.2 Å². The van der Waals surface area contributed by atoms with E-state index in [1.165, 1.54) is 17.8 Å². The van der Waals surface area contributed by atoms with E-state index in [1.54, 1.807) is 10.7 Å². The first-order valence-corrected chi connectivity index (χ1v) is 10.4. The standard InChI is InChI=1S/C20H25N3O2S/c1-13-6-11-18(26-13)20(25)21-15-7-9-16(10-8-15)23-19(24)12-14-4-2-3-5-17(14)22-23/h6,11-12,15-16H,2-5,7-10H2,1H3,(H,21,25). The summed E-state index contributed by atoms with van der Waals surface area (Å²) < 4.78 is 1.71. The zero-order chi connectivity index (χ0) is 18.1. The third kappa shape index (κ3) is 3.61. The Morgan fingerprint density at radius 2 is 1.96 bits per heavy atom. The van der Waals surface area contributed by atoms with Gasteiger partial charge in [0.25, 0.3) is 11.5 Å². The molecular formula is C20H25N3O2S. The van der Waals surface area contributed by atoms with Gasteiger partial charge in [0.05, 0.1) is 16.6 Å². The summed E-state index contributed by atoms with van der Waals surface area (Å²) in [5.74, 6) is 0.0237. The number of aryl methyl sites for hydroxylation is 3. The van der Waals surface area contributed by atoms with Crippen LogP contribution < -0.4 is 10.9 Å². The molecule has 2 aliphatic carbocycles. The average Bonchev–Trinajstić information content (AvgIpc) is 3.08. The molecule has 2 aliphatic rings. The minimum atomic E-state index is 0.0237. The number of hydrogen-bond acceptors (Lipinski definition) is 4. The van der Waals surface area contributed by atoms with Crippen molar-refractivity contribution < 1.29 is 4.79 Å². The number of nitrogens with one attached hydrogen (secondary N) is 1. The second kappa shape index (κ2) is 7.35. The van der Waals surface area contributed by atoms with Gasteiger partial charge in [-0.15, -0.1) is 11.3 Å². The Hall–Kier alpha value is -1.95. The molecule has 0 spiro atoms. The molecule has 138 valence electrons. The highest BCUT2D eigenvalue weighted by molar-refractivity contribution is 7.13. The van der Waals surface area contributed by atoms with Gasteiger partial charge < -0.3 is 5.32 Å². The van der Waals surface area contributed by atoms with Gasteiger partial charge >= 0.3 is 0 Å². The third-order valence-corrected chi connectivity index (χ3v) is 6.57. The van der Waals surface area contributed by atoms with Crippen molar-refractivity contribution in [2.24, 2.45) is 0 Å². The van der Waals surface area contributed by atoms with E-state index in [0.29, 0.717) is 0 Å². The lowest BCUT2D eigenvalue weighted by molar-refractivity contribution is 0.0925. The monoisotopic (exact) mass is 371 g/mol. The van der Waals surface area contributed by atoms with Gasteiger partial charge in [-0.1, -0.05) is 0 Å². The van der Waals surface area contributed by atoms with Gasteiger partial charge in [-0.2, -0.15) is 5.10 Å². The molecule has 0 aliphatic heterocycles. The zero-order valence-electron chi connectivity index (χ0n) is 15.2. The molecule has 1 fully saturated rings. The second-order valence-corrected chi connectivity index (χ2v) is 8.78. The summed E-state index contributed by atoms with van der Waals surface area (Å²) in [6.45, 7) is 2.01. The summed E-state index contributed by atoms with van der Waals surface area (Å²) in [4.78, 5) is 26.7. The quantitative estimate of drug-likeness (QED) is 0.899. The van der Waals surface area contributed by atoms with Crippen molar-refractivity contribution in [1.29, 1.82) is 0 Å². The number of aromatic nitrogens is 2. The fourth-order valence-electron chi connectivity index (χ4n) is 4.12. The first kappa shape index (κ1) is 17.5. The molecule has 2 heterocycles. The van der Waals surface area contributed by atoms with Crippen LogP contribution >= 0.6 is 11.3 Å². The van der Waals surface area contributed by atoms with Crippen molar-refractivity contribution in [3.8, 4) is 0 Å². The number of rotatable bonds is 3. The van der Waals surface area contributed by atoms with Crippen LogP contribution in [-0.4, -0.2) is 21.7 Å². The van der Waals surface area contributed by atoms with E-state index in [9.17, 15) is 9.59 Å². The molecule has 6 heteroatoms. The van der Waals surface area contributed by atoms with Gasteiger partial charge in [0, 0.05) is 17.0 Å². The maximum atomic E-state index is 12.5. The number of carbonyl (C=O) groups excluding carboxylic acids is 1. The van der Waals surface area contributed by atoms with Crippen LogP contribution in [0.4, 0.5) is 0 Å². The number of fused-ring (bicyclic) bond motifs is 1. The van der Waals surface area contributed by atoms with Crippen LogP contribution in [0.2, 0.25) is 0 Å². The highest BCUT2D eigenvalue weighted by Gasteiger charge is 2.26. The highest BCUT2D eigenvalue weighted by Crippen LogP contribution is 2.28. The summed E-state index contributed by atoms with van der Waals surface area (Å²) >= 11 is 1.53.